The van der Waals surface area contributed by atoms with Crippen molar-refractivity contribution in [2.45, 2.75) is 32.6 Å². The standard InChI is InChI=1S/C25H26N2O5S2/c1-2-32-24(31)18-9-11-19(12-10-18)26-22(29)6-4-3-5-15-27-23(30)21(34-25(27)33)16-17-7-13-20(28)14-8-17/h7-14,16,28H,2-6,15H2,1H3,(H,26,29)/b21-16-. The molecule has 9 heteroatoms. The SMILES string of the molecule is CCOC(=O)c1ccc(NC(=O)CCCCCN2C(=O)/C(=C/c3ccc(O)cc3)SC2=S)cc1. The molecule has 34 heavy (non-hydrogen) atoms. The number of thiocarbonyl (C=S) groups is 1. The van der Waals surface area contributed by atoms with Gasteiger partial charge in [0.05, 0.1) is 17.1 Å². The van der Waals surface area contributed by atoms with Crippen LogP contribution in [0.4, 0.5) is 5.69 Å². The predicted octanol–water partition coefficient (Wildman–Crippen LogP) is 4.97. The highest BCUT2D eigenvalue weighted by atomic mass is 32.2. The van der Waals surface area contributed by atoms with Crippen molar-refractivity contribution in [3.05, 3.63) is 64.6 Å². The van der Waals surface area contributed by atoms with Gasteiger partial charge in [-0.3, -0.25) is 14.5 Å². The highest BCUT2D eigenvalue weighted by molar-refractivity contribution is 8.26. The summed E-state index contributed by atoms with van der Waals surface area (Å²) >= 11 is 6.63. The van der Waals surface area contributed by atoms with Gasteiger partial charge in [0.1, 0.15) is 10.1 Å². The number of carbonyl (C=O) groups excluding carboxylic acids is 3. The lowest BCUT2D eigenvalue weighted by Gasteiger charge is -2.14. The van der Waals surface area contributed by atoms with Crippen LogP contribution in [0, 0.1) is 0 Å². The summed E-state index contributed by atoms with van der Waals surface area (Å²) in [5.74, 6) is -0.443. The normalized spacial score (nSPS) is 14.5. The van der Waals surface area contributed by atoms with Gasteiger partial charge in [0, 0.05) is 18.7 Å². The topological polar surface area (TPSA) is 95.9 Å². The first-order valence-electron chi connectivity index (χ1n) is 11.0. The van der Waals surface area contributed by atoms with Crippen molar-refractivity contribution in [2.75, 3.05) is 18.5 Å². The lowest BCUT2D eigenvalue weighted by Crippen LogP contribution is -2.29. The van der Waals surface area contributed by atoms with Crippen LogP contribution in [0.1, 0.15) is 48.5 Å². The van der Waals surface area contributed by atoms with Crippen molar-refractivity contribution in [1.82, 2.24) is 4.90 Å². The van der Waals surface area contributed by atoms with Gasteiger partial charge in [0.15, 0.2) is 0 Å². The van der Waals surface area contributed by atoms with E-state index in [4.69, 9.17) is 17.0 Å². The van der Waals surface area contributed by atoms with E-state index in [-0.39, 0.29) is 17.6 Å². The minimum atomic E-state index is -0.391. The molecule has 0 saturated carbocycles. The fourth-order valence-electron chi connectivity index (χ4n) is 3.27. The minimum absolute atomic E-state index is 0.105. The molecule has 2 aromatic carbocycles. The molecule has 2 amide bonds. The van der Waals surface area contributed by atoms with Crippen molar-refractivity contribution in [3.8, 4) is 5.75 Å². The molecule has 2 aromatic rings. The summed E-state index contributed by atoms with van der Waals surface area (Å²) < 4.78 is 5.47. The zero-order chi connectivity index (χ0) is 24.5. The molecule has 1 saturated heterocycles. The van der Waals surface area contributed by atoms with Crippen LogP contribution in [-0.2, 0) is 14.3 Å². The number of nitrogens with zero attached hydrogens (tertiary/aromatic N) is 1. The molecule has 0 radical (unpaired) electrons. The lowest BCUT2D eigenvalue weighted by molar-refractivity contribution is -0.122. The zero-order valence-electron chi connectivity index (χ0n) is 18.8. The van der Waals surface area contributed by atoms with Crippen molar-refractivity contribution < 1.29 is 24.2 Å². The molecule has 0 aliphatic carbocycles. The van der Waals surface area contributed by atoms with E-state index in [2.05, 4.69) is 5.32 Å². The molecule has 1 aliphatic rings. The van der Waals surface area contributed by atoms with E-state index >= 15 is 0 Å². The number of unbranched alkanes of at least 4 members (excludes halogenated alkanes) is 2. The van der Waals surface area contributed by atoms with Gasteiger partial charge in [0.2, 0.25) is 5.91 Å². The number of carbonyl (C=O) groups is 3. The Bertz CT molecular complexity index is 1080. The van der Waals surface area contributed by atoms with Crippen LogP contribution in [0.2, 0.25) is 0 Å². The van der Waals surface area contributed by atoms with Crippen molar-refractivity contribution in [2.24, 2.45) is 0 Å². The largest absolute Gasteiger partial charge is 0.508 e. The van der Waals surface area contributed by atoms with Crippen LogP contribution in [-0.4, -0.2) is 45.3 Å². The smallest absolute Gasteiger partial charge is 0.338 e. The van der Waals surface area contributed by atoms with Gasteiger partial charge in [-0.1, -0.05) is 42.5 Å². The molecule has 7 nitrogen and oxygen atoms in total. The van der Waals surface area contributed by atoms with E-state index in [9.17, 15) is 19.5 Å². The van der Waals surface area contributed by atoms with Crippen molar-refractivity contribution in [1.29, 1.82) is 0 Å². The summed E-state index contributed by atoms with van der Waals surface area (Å²) in [5.41, 5.74) is 1.88. The van der Waals surface area contributed by atoms with Crippen LogP contribution in [0.3, 0.4) is 0 Å². The number of hydrogen-bond acceptors (Lipinski definition) is 7. The van der Waals surface area contributed by atoms with Crippen LogP contribution in [0.5, 0.6) is 5.75 Å². The van der Waals surface area contributed by atoms with Crippen LogP contribution in [0.25, 0.3) is 6.08 Å². The number of aromatic hydroxyl groups is 1. The second kappa shape index (κ2) is 12.3. The third-order valence-electron chi connectivity index (χ3n) is 5.03. The number of ether oxygens (including phenoxy) is 1. The second-order valence-corrected chi connectivity index (χ2v) is 9.26. The Balaban J connectivity index is 1.38. The number of hydrogen-bond donors (Lipinski definition) is 2. The molecular formula is C25H26N2O5S2. The van der Waals surface area contributed by atoms with E-state index < -0.39 is 5.97 Å². The summed E-state index contributed by atoms with van der Waals surface area (Å²) in [4.78, 5) is 38.7. The first-order valence-corrected chi connectivity index (χ1v) is 12.2. The predicted molar refractivity (Wildman–Crippen MR) is 137 cm³/mol. The maximum Gasteiger partial charge on any atom is 0.338 e. The van der Waals surface area contributed by atoms with E-state index in [1.165, 1.54) is 11.8 Å². The van der Waals surface area contributed by atoms with Gasteiger partial charge < -0.3 is 15.2 Å². The number of anilines is 1. The van der Waals surface area contributed by atoms with Gasteiger partial charge in [-0.25, -0.2) is 4.79 Å². The Morgan fingerprint density at radius 1 is 1.09 bits per heavy atom. The van der Waals surface area contributed by atoms with Crippen molar-refractivity contribution >= 4 is 57.8 Å². The number of phenols is 1. The number of rotatable bonds is 10. The molecule has 1 heterocycles. The van der Waals surface area contributed by atoms with E-state index in [0.717, 1.165) is 18.4 Å². The molecule has 0 unspecified atom stereocenters. The number of nitrogens with one attached hydrogen (secondary N) is 1. The third kappa shape index (κ3) is 7.16. The summed E-state index contributed by atoms with van der Waals surface area (Å²) in [6, 6.07) is 13.2. The molecule has 0 aromatic heterocycles. The molecule has 0 atom stereocenters. The number of amides is 2. The maximum atomic E-state index is 12.7. The van der Waals surface area contributed by atoms with Crippen LogP contribution >= 0.6 is 24.0 Å². The minimum Gasteiger partial charge on any atom is -0.508 e. The monoisotopic (exact) mass is 498 g/mol. The summed E-state index contributed by atoms with van der Waals surface area (Å²) in [6.45, 7) is 2.57. The van der Waals surface area contributed by atoms with Crippen LogP contribution in [0.15, 0.2) is 53.4 Å². The number of esters is 1. The highest BCUT2D eigenvalue weighted by Crippen LogP contribution is 2.33. The molecule has 1 fully saturated rings. The first-order chi connectivity index (χ1) is 16.4. The third-order valence-corrected chi connectivity index (χ3v) is 6.41. The summed E-state index contributed by atoms with van der Waals surface area (Å²) in [5, 5.41) is 12.2. The number of benzene rings is 2. The fourth-order valence-corrected chi connectivity index (χ4v) is 4.58. The zero-order valence-corrected chi connectivity index (χ0v) is 20.4. The number of thioether (sulfide) groups is 1. The fraction of sp³-hybridized carbons (Fsp3) is 0.280. The molecule has 3 rings (SSSR count). The molecule has 2 N–H and O–H groups in total. The van der Waals surface area contributed by atoms with Crippen molar-refractivity contribution in [3.63, 3.8) is 0 Å². The van der Waals surface area contributed by atoms with E-state index in [1.807, 2.05) is 0 Å². The average Bonchev–Trinajstić information content (AvgIpc) is 3.08. The quantitative estimate of drug-likeness (QED) is 0.207. The van der Waals surface area contributed by atoms with E-state index in [1.54, 1.807) is 66.4 Å². The second-order valence-electron chi connectivity index (χ2n) is 7.58. The highest BCUT2D eigenvalue weighted by Gasteiger charge is 2.31. The van der Waals surface area contributed by atoms with Gasteiger partial charge in [0.25, 0.3) is 5.91 Å². The Labute approximate surface area is 208 Å². The van der Waals surface area contributed by atoms with Gasteiger partial charge in [-0.15, -0.1) is 0 Å². The molecule has 0 spiro atoms. The maximum absolute atomic E-state index is 12.7. The van der Waals surface area contributed by atoms with Gasteiger partial charge in [-0.2, -0.15) is 0 Å². The van der Waals surface area contributed by atoms with Crippen LogP contribution < -0.4 is 5.32 Å². The molecular weight excluding hydrogens is 472 g/mol. The van der Waals surface area contributed by atoms with Gasteiger partial charge >= 0.3 is 5.97 Å². The molecule has 0 bridgehead atoms. The first kappa shape index (κ1) is 25.5. The lowest BCUT2D eigenvalue weighted by atomic mass is 10.1. The molecule has 178 valence electrons. The molecule has 1 aliphatic heterocycles. The summed E-state index contributed by atoms with van der Waals surface area (Å²) in [6.07, 6.45) is 4.33. The Morgan fingerprint density at radius 3 is 2.47 bits per heavy atom. The Kier molecular flexibility index (Phi) is 9.24. The Hall–Kier alpha value is -3.17. The summed E-state index contributed by atoms with van der Waals surface area (Å²) in [7, 11) is 0. The Morgan fingerprint density at radius 2 is 1.79 bits per heavy atom. The van der Waals surface area contributed by atoms with Gasteiger partial charge in [-0.05, 0) is 67.8 Å². The number of phenolic OH excluding ortho intramolecular Hbond substituents is 1. The average molecular weight is 499 g/mol. The van der Waals surface area contributed by atoms with E-state index in [0.29, 0.717) is 46.5 Å².